The molecule has 1 aromatic rings. The van der Waals surface area contributed by atoms with Gasteiger partial charge in [-0.25, -0.2) is 0 Å². The maximum atomic E-state index is 11.9. The van der Waals surface area contributed by atoms with Gasteiger partial charge in [0, 0.05) is 18.1 Å². The van der Waals surface area contributed by atoms with Crippen molar-refractivity contribution in [2.75, 3.05) is 7.05 Å². The molecule has 1 amide bonds. The maximum Gasteiger partial charge on any atom is 0.232 e. The Bertz CT molecular complexity index is 419. The van der Waals surface area contributed by atoms with E-state index in [2.05, 4.69) is 15.9 Å². The number of carbonyl (C=O) groups excluding carboxylic acids is 1. The van der Waals surface area contributed by atoms with Crippen molar-refractivity contribution in [3.05, 3.63) is 34.3 Å². The second-order valence-corrected chi connectivity index (χ2v) is 5.33. The molecule has 1 unspecified atom stereocenters. The Morgan fingerprint density at radius 2 is 2.00 bits per heavy atom. The first-order chi connectivity index (χ1) is 7.91. The molecule has 0 aromatic heterocycles. The molecule has 0 saturated heterocycles. The van der Waals surface area contributed by atoms with Crippen LogP contribution in [0.15, 0.2) is 28.7 Å². The third-order valence-electron chi connectivity index (χ3n) is 2.51. The smallest absolute Gasteiger partial charge is 0.232 e. The first kappa shape index (κ1) is 14.1. The summed E-state index contributed by atoms with van der Waals surface area (Å²) in [4.78, 5) is 13.8. The number of amides is 1. The van der Waals surface area contributed by atoms with Crippen molar-refractivity contribution in [3.63, 3.8) is 0 Å². The van der Waals surface area contributed by atoms with Gasteiger partial charge in [0.25, 0.3) is 0 Å². The van der Waals surface area contributed by atoms with Crippen LogP contribution in [0.2, 0.25) is 0 Å². The topological polar surface area (TPSA) is 46.3 Å². The minimum absolute atomic E-state index is 0.0552. The Morgan fingerprint density at radius 3 is 2.47 bits per heavy atom. The zero-order valence-corrected chi connectivity index (χ0v) is 12.2. The summed E-state index contributed by atoms with van der Waals surface area (Å²) in [5.41, 5.74) is 6.53. The van der Waals surface area contributed by atoms with Gasteiger partial charge in [-0.2, -0.15) is 0 Å². The predicted molar refractivity (Wildman–Crippen MR) is 76.6 cm³/mol. The second-order valence-electron chi connectivity index (χ2n) is 3.94. The van der Waals surface area contributed by atoms with Crippen LogP contribution in [0.25, 0.3) is 0 Å². The van der Waals surface area contributed by atoms with Gasteiger partial charge in [0.05, 0.1) is 10.9 Å². The van der Waals surface area contributed by atoms with Crippen molar-refractivity contribution < 1.29 is 4.79 Å². The molecule has 17 heavy (non-hydrogen) atoms. The number of rotatable bonds is 4. The molecule has 92 valence electrons. The third-order valence-corrected chi connectivity index (χ3v) is 3.39. The molecule has 0 aliphatic rings. The first-order valence-corrected chi connectivity index (χ1v) is 6.40. The number of nitrogens with two attached hydrogens (primary N) is 1. The lowest BCUT2D eigenvalue weighted by molar-refractivity contribution is -0.132. The van der Waals surface area contributed by atoms with E-state index in [1.807, 2.05) is 24.3 Å². The first-order valence-electron chi connectivity index (χ1n) is 5.20. The van der Waals surface area contributed by atoms with E-state index in [0.717, 1.165) is 10.0 Å². The van der Waals surface area contributed by atoms with Crippen LogP contribution in [-0.2, 0) is 11.3 Å². The van der Waals surface area contributed by atoms with Crippen molar-refractivity contribution in [3.8, 4) is 0 Å². The van der Waals surface area contributed by atoms with Crippen LogP contribution in [0, 0.1) is 5.92 Å². The molecule has 1 aromatic carbocycles. The standard InChI is InChI=1S/C12H15BrN2OS/c1-8(11(14)17)12(16)15(2)7-9-3-5-10(13)6-4-9/h3-6,8H,7H2,1-2H3,(H2,14,17). The highest BCUT2D eigenvalue weighted by molar-refractivity contribution is 9.10. The molecule has 2 N–H and O–H groups in total. The predicted octanol–water partition coefficient (Wildman–Crippen LogP) is 2.33. The van der Waals surface area contributed by atoms with Gasteiger partial charge in [-0.05, 0) is 24.6 Å². The average Bonchev–Trinajstić information content (AvgIpc) is 2.30. The summed E-state index contributed by atoms with van der Waals surface area (Å²) >= 11 is 8.19. The summed E-state index contributed by atoms with van der Waals surface area (Å²) in [5, 5.41) is 0. The molecule has 0 aliphatic carbocycles. The van der Waals surface area contributed by atoms with Gasteiger partial charge >= 0.3 is 0 Å². The summed E-state index contributed by atoms with van der Waals surface area (Å²) in [6.07, 6.45) is 0. The average molecular weight is 315 g/mol. The normalized spacial score (nSPS) is 11.9. The molecule has 0 radical (unpaired) electrons. The largest absolute Gasteiger partial charge is 0.393 e. The van der Waals surface area contributed by atoms with Gasteiger partial charge in [-0.15, -0.1) is 0 Å². The van der Waals surface area contributed by atoms with Gasteiger partial charge in [0.2, 0.25) is 5.91 Å². The highest BCUT2D eigenvalue weighted by atomic mass is 79.9. The minimum atomic E-state index is -0.412. The third kappa shape index (κ3) is 4.09. The van der Waals surface area contributed by atoms with Crippen LogP contribution in [0.4, 0.5) is 0 Å². The summed E-state index contributed by atoms with van der Waals surface area (Å²) < 4.78 is 1.02. The molecule has 1 atom stereocenters. The second kappa shape index (κ2) is 6.12. The van der Waals surface area contributed by atoms with Crippen LogP contribution >= 0.6 is 28.1 Å². The summed E-state index contributed by atoms with van der Waals surface area (Å²) in [6.45, 7) is 2.28. The van der Waals surface area contributed by atoms with Crippen molar-refractivity contribution in [1.29, 1.82) is 0 Å². The molecule has 0 aliphatic heterocycles. The zero-order chi connectivity index (χ0) is 13.0. The molecule has 0 bridgehead atoms. The van der Waals surface area contributed by atoms with E-state index in [4.69, 9.17) is 18.0 Å². The molecule has 3 nitrogen and oxygen atoms in total. The van der Waals surface area contributed by atoms with E-state index in [0.29, 0.717) is 6.54 Å². The van der Waals surface area contributed by atoms with E-state index in [9.17, 15) is 4.79 Å². The van der Waals surface area contributed by atoms with Crippen LogP contribution < -0.4 is 5.73 Å². The Hall–Kier alpha value is -0.940. The van der Waals surface area contributed by atoms with Crippen molar-refractivity contribution in [2.45, 2.75) is 13.5 Å². The number of carbonyl (C=O) groups is 1. The van der Waals surface area contributed by atoms with Crippen molar-refractivity contribution in [2.24, 2.45) is 11.7 Å². The Kier molecular flexibility index (Phi) is 5.08. The maximum absolute atomic E-state index is 11.9. The molecule has 0 spiro atoms. The van der Waals surface area contributed by atoms with Crippen LogP contribution in [-0.4, -0.2) is 22.8 Å². The summed E-state index contributed by atoms with van der Waals surface area (Å²) in [6, 6.07) is 7.84. The molecular formula is C12H15BrN2OS. The lowest BCUT2D eigenvalue weighted by Crippen LogP contribution is -2.37. The van der Waals surface area contributed by atoms with E-state index in [-0.39, 0.29) is 10.9 Å². The Morgan fingerprint density at radius 1 is 1.47 bits per heavy atom. The van der Waals surface area contributed by atoms with Crippen LogP contribution in [0.5, 0.6) is 0 Å². The van der Waals surface area contributed by atoms with Crippen LogP contribution in [0.3, 0.4) is 0 Å². The van der Waals surface area contributed by atoms with Crippen LogP contribution in [0.1, 0.15) is 12.5 Å². The van der Waals surface area contributed by atoms with E-state index >= 15 is 0 Å². The minimum Gasteiger partial charge on any atom is -0.393 e. The molecule has 1 rings (SSSR count). The van der Waals surface area contributed by atoms with Gasteiger partial charge < -0.3 is 10.6 Å². The molecule has 0 saturated carbocycles. The number of benzene rings is 1. The number of hydrogen-bond donors (Lipinski definition) is 1. The molecule has 0 heterocycles. The number of halogens is 1. The highest BCUT2D eigenvalue weighted by Gasteiger charge is 2.19. The summed E-state index contributed by atoms with van der Waals surface area (Å²) in [7, 11) is 1.75. The van der Waals surface area contributed by atoms with E-state index in [1.165, 1.54) is 0 Å². The van der Waals surface area contributed by atoms with Gasteiger partial charge in [-0.3, -0.25) is 4.79 Å². The molecular weight excluding hydrogens is 300 g/mol. The molecule has 0 fully saturated rings. The van der Waals surface area contributed by atoms with Gasteiger partial charge in [0.15, 0.2) is 0 Å². The van der Waals surface area contributed by atoms with E-state index in [1.54, 1.807) is 18.9 Å². The fraction of sp³-hybridized carbons (Fsp3) is 0.333. The SMILES string of the molecule is CC(C(=O)N(C)Cc1ccc(Br)cc1)C(N)=S. The van der Waals surface area contributed by atoms with Gasteiger partial charge in [-0.1, -0.05) is 40.3 Å². The lowest BCUT2D eigenvalue weighted by atomic mass is 10.1. The zero-order valence-electron chi connectivity index (χ0n) is 9.81. The highest BCUT2D eigenvalue weighted by Crippen LogP contribution is 2.12. The Labute approximate surface area is 115 Å². The monoisotopic (exact) mass is 314 g/mol. The summed E-state index contributed by atoms with van der Waals surface area (Å²) in [5.74, 6) is -0.467. The number of thiocarbonyl (C=S) groups is 1. The number of nitrogens with zero attached hydrogens (tertiary/aromatic N) is 1. The van der Waals surface area contributed by atoms with Crippen molar-refractivity contribution >= 4 is 39.0 Å². The quantitative estimate of drug-likeness (QED) is 0.868. The van der Waals surface area contributed by atoms with Gasteiger partial charge in [0.1, 0.15) is 0 Å². The fourth-order valence-electron chi connectivity index (χ4n) is 1.39. The Balaban J connectivity index is 2.66. The fourth-order valence-corrected chi connectivity index (χ4v) is 1.76. The van der Waals surface area contributed by atoms with E-state index < -0.39 is 5.92 Å². The molecule has 5 heteroatoms. The lowest BCUT2D eigenvalue weighted by Gasteiger charge is -2.20. The van der Waals surface area contributed by atoms with Crippen molar-refractivity contribution in [1.82, 2.24) is 4.90 Å². The number of hydrogen-bond acceptors (Lipinski definition) is 2.